The zero-order chi connectivity index (χ0) is 15.6. The number of carbonyl (C=O) groups excluding carboxylic acids is 1. The fraction of sp³-hybridized carbons (Fsp3) is 0.588. The number of rotatable bonds is 8. The standard InChI is InChI=1S/C17H27N3O2/c1-2-8-18-9-10-19-17(21)16-14-20(11-12-22-16)13-15-6-4-3-5-7-15/h3-7,16,18H,2,8-14H2,1H3,(H,19,21). The molecule has 1 heterocycles. The summed E-state index contributed by atoms with van der Waals surface area (Å²) in [5, 5.41) is 6.21. The second-order valence-electron chi connectivity index (χ2n) is 5.62. The summed E-state index contributed by atoms with van der Waals surface area (Å²) in [5.41, 5.74) is 1.27. The van der Waals surface area contributed by atoms with Crippen molar-refractivity contribution in [3.05, 3.63) is 35.9 Å². The van der Waals surface area contributed by atoms with Crippen LogP contribution in [0.2, 0.25) is 0 Å². The van der Waals surface area contributed by atoms with Crippen LogP contribution >= 0.6 is 0 Å². The largest absolute Gasteiger partial charge is 0.366 e. The highest BCUT2D eigenvalue weighted by molar-refractivity contribution is 5.81. The van der Waals surface area contributed by atoms with Gasteiger partial charge in [0.15, 0.2) is 0 Å². The summed E-state index contributed by atoms with van der Waals surface area (Å²) in [4.78, 5) is 14.4. The predicted octanol–water partition coefficient (Wildman–Crippen LogP) is 1.00. The first-order chi connectivity index (χ1) is 10.8. The summed E-state index contributed by atoms with van der Waals surface area (Å²) < 4.78 is 5.61. The van der Waals surface area contributed by atoms with Gasteiger partial charge in [-0.25, -0.2) is 0 Å². The van der Waals surface area contributed by atoms with Crippen molar-refractivity contribution in [2.75, 3.05) is 39.3 Å². The number of nitrogens with one attached hydrogen (secondary N) is 2. The number of carbonyl (C=O) groups is 1. The van der Waals surface area contributed by atoms with Crippen molar-refractivity contribution in [3.63, 3.8) is 0 Å². The van der Waals surface area contributed by atoms with Gasteiger partial charge in [-0.1, -0.05) is 37.3 Å². The maximum absolute atomic E-state index is 12.1. The van der Waals surface area contributed by atoms with Crippen LogP contribution in [0, 0.1) is 0 Å². The van der Waals surface area contributed by atoms with Gasteiger partial charge in [-0.15, -0.1) is 0 Å². The van der Waals surface area contributed by atoms with Gasteiger partial charge >= 0.3 is 0 Å². The van der Waals surface area contributed by atoms with E-state index in [4.69, 9.17) is 4.74 Å². The minimum absolute atomic E-state index is 0.00365. The molecular weight excluding hydrogens is 278 g/mol. The van der Waals surface area contributed by atoms with Crippen molar-refractivity contribution >= 4 is 5.91 Å². The third kappa shape index (κ3) is 5.75. The zero-order valence-electron chi connectivity index (χ0n) is 13.4. The predicted molar refractivity (Wildman–Crippen MR) is 87.6 cm³/mol. The molecule has 22 heavy (non-hydrogen) atoms. The van der Waals surface area contributed by atoms with Crippen molar-refractivity contribution in [1.82, 2.24) is 15.5 Å². The molecule has 1 atom stereocenters. The van der Waals surface area contributed by atoms with E-state index in [0.717, 1.165) is 32.6 Å². The monoisotopic (exact) mass is 305 g/mol. The Morgan fingerprint density at radius 3 is 2.86 bits per heavy atom. The third-order valence-corrected chi connectivity index (χ3v) is 3.72. The molecule has 5 nitrogen and oxygen atoms in total. The molecule has 1 aromatic carbocycles. The number of benzene rings is 1. The Hall–Kier alpha value is -1.43. The Bertz CT molecular complexity index is 439. The summed E-state index contributed by atoms with van der Waals surface area (Å²) in [6.07, 6.45) is 0.748. The van der Waals surface area contributed by atoms with Gasteiger partial charge in [0.1, 0.15) is 6.10 Å². The highest BCUT2D eigenvalue weighted by atomic mass is 16.5. The zero-order valence-corrected chi connectivity index (χ0v) is 13.4. The van der Waals surface area contributed by atoms with Gasteiger partial charge in [-0.2, -0.15) is 0 Å². The van der Waals surface area contributed by atoms with Gasteiger partial charge in [-0.3, -0.25) is 9.69 Å². The lowest BCUT2D eigenvalue weighted by molar-refractivity contribution is -0.138. The van der Waals surface area contributed by atoms with Crippen molar-refractivity contribution in [2.45, 2.75) is 26.0 Å². The van der Waals surface area contributed by atoms with Gasteiger partial charge in [0, 0.05) is 32.7 Å². The van der Waals surface area contributed by atoms with Crippen LogP contribution in [0.5, 0.6) is 0 Å². The van der Waals surface area contributed by atoms with Crippen molar-refractivity contribution in [2.24, 2.45) is 0 Å². The number of hydrogen-bond donors (Lipinski definition) is 2. The minimum atomic E-state index is -0.358. The molecule has 0 aromatic heterocycles. The Morgan fingerprint density at radius 2 is 2.09 bits per heavy atom. The Kier molecular flexibility index (Phi) is 7.36. The molecular formula is C17H27N3O2. The number of nitrogens with zero attached hydrogens (tertiary/aromatic N) is 1. The van der Waals surface area contributed by atoms with Crippen molar-refractivity contribution in [3.8, 4) is 0 Å². The molecule has 0 spiro atoms. The van der Waals surface area contributed by atoms with Gasteiger partial charge < -0.3 is 15.4 Å². The molecule has 2 N–H and O–H groups in total. The second kappa shape index (κ2) is 9.56. The van der Waals surface area contributed by atoms with E-state index < -0.39 is 0 Å². The molecule has 1 fully saturated rings. The summed E-state index contributed by atoms with van der Waals surface area (Å²) in [6, 6.07) is 10.3. The van der Waals surface area contributed by atoms with Crippen LogP contribution < -0.4 is 10.6 Å². The van der Waals surface area contributed by atoms with E-state index in [1.165, 1.54) is 5.56 Å². The molecule has 1 amide bonds. The Labute approximate surface area is 133 Å². The first-order valence-electron chi connectivity index (χ1n) is 8.16. The van der Waals surface area contributed by atoms with E-state index in [9.17, 15) is 4.79 Å². The lowest BCUT2D eigenvalue weighted by Gasteiger charge is -2.32. The molecule has 1 saturated heterocycles. The highest BCUT2D eigenvalue weighted by Gasteiger charge is 2.26. The minimum Gasteiger partial charge on any atom is -0.366 e. The SMILES string of the molecule is CCCNCCNC(=O)C1CN(Cc2ccccc2)CCO1. The molecule has 0 saturated carbocycles. The molecule has 122 valence electrons. The van der Waals surface area contributed by atoms with E-state index >= 15 is 0 Å². The molecule has 1 aromatic rings. The smallest absolute Gasteiger partial charge is 0.250 e. The Morgan fingerprint density at radius 1 is 1.27 bits per heavy atom. The molecule has 0 bridgehead atoms. The number of ether oxygens (including phenoxy) is 1. The van der Waals surface area contributed by atoms with Crippen molar-refractivity contribution < 1.29 is 9.53 Å². The summed E-state index contributed by atoms with van der Waals surface area (Å²) in [5.74, 6) is -0.00365. The van der Waals surface area contributed by atoms with E-state index in [0.29, 0.717) is 19.7 Å². The van der Waals surface area contributed by atoms with Gasteiger partial charge in [0.05, 0.1) is 6.61 Å². The van der Waals surface area contributed by atoms with Crippen LogP contribution in [0.1, 0.15) is 18.9 Å². The first-order valence-corrected chi connectivity index (χ1v) is 8.16. The van der Waals surface area contributed by atoms with E-state index in [1.807, 2.05) is 18.2 Å². The molecule has 1 aliphatic rings. The van der Waals surface area contributed by atoms with Gasteiger partial charge in [-0.05, 0) is 18.5 Å². The lowest BCUT2D eigenvalue weighted by Crippen LogP contribution is -2.50. The van der Waals surface area contributed by atoms with Crippen LogP contribution in [0.3, 0.4) is 0 Å². The van der Waals surface area contributed by atoms with Crippen LogP contribution in [-0.4, -0.2) is 56.2 Å². The summed E-state index contributed by atoms with van der Waals surface area (Å²) >= 11 is 0. The molecule has 0 radical (unpaired) electrons. The highest BCUT2D eigenvalue weighted by Crippen LogP contribution is 2.10. The molecule has 1 unspecified atom stereocenters. The van der Waals surface area contributed by atoms with Crippen molar-refractivity contribution in [1.29, 1.82) is 0 Å². The second-order valence-corrected chi connectivity index (χ2v) is 5.62. The van der Waals surface area contributed by atoms with E-state index in [2.05, 4.69) is 34.6 Å². The average Bonchev–Trinajstić information content (AvgIpc) is 2.56. The number of hydrogen-bond acceptors (Lipinski definition) is 4. The van der Waals surface area contributed by atoms with E-state index in [1.54, 1.807) is 0 Å². The van der Waals surface area contributed by atoms with Crippen LogP contribution in [-0.2, 0) is 16.1 Å². The maximum atomic E-state index is 12.1. The fourth-order valence-electron chi connectivity index (χ4n) is 2.54. The van der Waals surface area contributed by atoms with E-state index in [-0.39, 0.29) is 12.0 Å². The average molecular weight is 305 g/mol. The molecule has 5 heteroatoms. The number of amides is 1. The number of morpholine rings is 1. The topological polar surface area (TPSA) is 53.6 Å². The lowest BCUT2D eigenvalue weighted by atomic mass is 10.2. The van der Waals surface area contributed by atoms with Crippen LogP contribution in [0.4, 0.5) is 0 Å². The molecule has 0 aliphatic carbocycles. The van der Waals surface area contributed by atoms with Crippen LogP contribution in [0.25, 0.3) is 0 Å². The third-order valence-electron chi connectivity index (χ3n) is 3.72. The maximum Gasteiger partial charge on any atom is 0.250 e. The Balaban J connectivity index is 1.71. The summed E-state index contributed by atoms with van der Waals surface area (Å²) in [7, 11) is 0. The quantitative estimate of drug-likeness (QED) is 0.704. The van der Waals surface area contributed by atoms with Gasteiger partial charge in [0.2, 0.25) is 0 Å². The summed E-state index contributed by atoms with van der Waals surface area (Å²) in [6.45, 7) is 7.58. The fourth-order valence-corrected chi connectivity index (χ4v) is 2.54. The first kappa shape index (κ1) is 16.9. The molecule has 1 aliphatic heterocycles. The van der Waals surface area contributed by atoms with Crippen LogP contribution in [0.15, 0.2) is 30.3 Å². The normalized spacial score (nSPS) is 19.0. The van der Waals surface area contributed by atoms with Gasteiger partial charge in [0.25, 0.3) is 5.91 Å². The molecule has 2 rings (SSSR count).